The lowest BCUT2D eigenvalue weighted by Crippen LogP contribution is -2.49. The number of halogens is 1. The van der Waals surface area contributed by atoms with E-state index in [-0.39, 0.29) is 11.5 Å². The molecule has 3 aromatic carbocycles. The number of hydrazine groups is 1. The normalized spacial score (nSPS) is 14.9. The van der Waals surface area contributed by atoms with Crippen LogP contribution in [0.3, 0.4) is 0 Å². The number of carbonyl (C=O) groups excluding carboxylic acids is 4. The van der Waals surface area contributed by atoms with E-state index in [0.29, 0.717) is 27.5 Å². The highest BCUT2D eigenvalue weighted by Gasteiger charge is 2.45. The average Bonchev–Trinajstić information content (AvgIpc) is 3.13. The lowest BCUT2D eigenvalue weighted by molar-refractivity contribution is -0.124. The Balaban J connectivity index is 1.55. The van der Waals surface area contributed by atoms with E-state index >= 15 is 0 Å². The molecular weight excluding hydrogens is 516 g/mol. The third kappa shape index (κ3) is 5.76. The van der Waals surface area contributed by atoms with Crippen molar-refractivity contribution < 1.29 is 23.9 Å². The molecule has 188 valence electrons. The quantitative estimate of drug-likeness (QED) is 0.349. The Morgan fingerprint density at radius 3 is 2.19 bits per heavy atom. The van der Waals surface area contributed by atoms with E-state index in [9.17, 15) is 19.2 Å². The molecule has 3 amide bonds. The van der Waals surface area contributed by atoms with E-state index in [1.165, 1.54) is 41.3 Å². The number of nitrogens with zero attached hydrogens (tertiary/aromatic N) is 2. The number of thiocarbonyl (C=S) groups is 1. The number of anilines is 2. The fourth-order valence-electron chi connectivity index (χ4n) is 3.68. The van der Waals surface area contributed by atoms with Crippen LogP contribution >= 0.6 is 23.8 Å². The highest BCUT2D eigenvalue weighted by Crippen LogP contribution is 2.26. The average molecular weight is 537 g/mol. The van der Waals surface area contributed by atoms with E-state index in [2.05, 4.69) is 15.5 Å². The summed E-state index contributed by atoms with van der Waals surface area (Å²) in [7, 11) is 1.28. The molecule has 1 heterocycles. The van der Waals surface area contributed by atoms with Gasteiger partial charge in [0.2, 0.25) is 11.0 Å². The largest absolute Gasteiger partial charge is 0.465 e. The molecule has 0 aliphatic carbocycles. The van der Waals surface area contributed by atoms with Gasteiger partial charge >= 0.3 is 5.97 Å². The minimum absolute atomic E-state index is 0.0266. The van der Waals surface area contributed by atoms with Crippen molar-refractivity contribution in [2.75, 3.05) is 17.3 Å². The van der Waals surface area contributed by atoms with Gasteiger partial charge in [0.1, 0.15) is 6.04 Å². The van der Waals surface area contributed by atoms with Gasteiger partial charge in [-0.25, -0.2) is 9.80 Å². The molecule has 1 saturated heterocycles. The number of hydrogen-bond acceptors (Lipinski definition) is 6. The Labute approximate surface area is 222 Å². The second-order valence-corrected chi connectivity index (χ2v) is 8.75. The molecular formula is C26H21ClN4O5S. The summed E-state index contributed by atoms with van der Waals surface area (Å²) >= 11 is 11.5. The molecule has 11 heteroatoms. The summed E-state index contributed by atoms with van der Waals surface area (Å²) in [6.07, 6.45) is -0.304. The van der Waals surface area contributed by atoms with Crippen molar-refractivity contribution in [2.45, 2.75) is 12.5 Å². The van der Waals surface area contributed by atoms with Crippen molar-refractivity contribution in [1.29, 1.82) is 0 Å². The van der Waals surface area contributed by atoms with Crippen LogP contribution in [0, 0.1) is 0 Å². The fraction of sp³-hybridized carbons (Fsp3) is 0.115. The predicted octanol–water partition coefficient (Wildman–Crippen LogP) is 3.80. The number of ether oxygens (including phenoxy) is 1. The minimum atomic E-state index is -1.10. The first-order valence-corrected chi connectivity index (χ1v) is 11.8. The molecule has 1 aliphatic rings. The summed E-state index contributed by atoms with van der Waals surface area (Å²) in [4.78, 5) is 52.2. The zero-order valence-electron chi connectivity index (χ0n) is 19.5. The SMILES string of the molecule is COC(=O)c1ccc(NC(=O)CC2C(=O)N(c3ccccc3)C(=S)N2NC(=O)c2ccc(Cl)cc2)cc1. The first-order valence-electron chi connectivity index (χ1n) is 11.1. The number of benzene rings is 3. The number of nitrogens with one attached hydrogen (secondary N) is 2. The molecule has 0 saturated carbocycles. The van der Waals surface area contributed by atoms with Crippen molar-refractivity contribution in [3.8, 4) is 0 Å². The van der Waals surface area contributed by atoms with Gasteiger partial charge in [0.05, 0.1) is 24.8 Å². The maximum atomic E-state index is 13.4. The van der Waals surface area contributed by atoms with Crippen LogP contribution in [0.5, 0.6) is 0 Å². The van der Waals surface area contributed by atoms with E-state index in [1.807, 2.05) is 0 Å². The Kier molecular flexibility index (Phi) is 7.80. The van der Waals surface area contributed by atoms with Gasteiger partial charge in [0, 0.05) is 16.3 Å². The second-order valence-electron chi connectivity index (χ2n) is 7.95. The summed E-state index contributed by atoms with van der Waals surface area (Å²) in [6, 6.07) is 19.9. The van der Waals surface area contributed by atoms with Gasteiger partial charge in [-0.3, -0.25) is 24.7 Å². The number of amides is 3. The Bertz CT molecular complexity index is 1350. The minimum Gasteiger partial charge on any atom is -0.465 e. The van der Waals surface area contributed by atoms with E-state index in [1.54, 1.807) is 54.6 Å². The van der Waals surface area contributed by atoms with Crippen molar-refractivity contribution in [3.05, 3.63) is 95.0 Å². The number of para-hydroxylation sites is 1. The van der Waals surface area contributed by atoms with Crippen LogP contribution in [0.25, 0.3) is 0 Å². The monoisotopic (exact) mass is 536 g/mol. The van der Waals surface area contributed by atoms with E-state index < -0.39 is 29.7 Å². The standard InChI is InChI=1S/C26H21ClN4O5S/c1-36-25(35)17-9-13-19(14-10-17)28-22(32)15-21-24(34)30(20-5-3-2-4-6-20)26(37)31(21)29-23(33)16-7-11-18(27)12-8-16/h2-14,21H,15H2,1H3,(H,28,32)(H,29,33). The van der Waals surface area contributed by atoms with Crippen molar-refractivity contribution in [3.63, 3.8) is 0 Å². The smallest absolute Gasteiger partial charge is 0.337 e. The number of hydrogen-bond donors (Lipinski definition) is 2. The third-order valence-corrected chi connectivity index (χ3v) is 6.16. The number of methoxy groups -OCH3 is 1. The summed E-state index contributed by atoms with van der Waals surface area (Å²) in [5, 5.41) is 4.41. The Morgan fingerprint density at radius 2 is 1.57 bits per heavy atom. The summed E-state index contributed by atoms with van der Waals surface area (Å²) in [5.74, 6) is -1.99. The summed E-state index contributed by atoms with van der Waals surface area (Å²) in [6.45, 7) is 0. The van der Waals surface area contributed by atoms with Crippen LogP contribution in [0.2, 0.25) is 5.02 Å². The van der Waals surface area contributed by atoms with E-state index in [0.717, 1.165) is 0 Å². The zero-order valence-corrected chi connectivity index (χ0v) is 21.1. The van der Waals surface area contributed by atoms with Crippen molar-refractivity contribution in [1.82, 2.24) is 10.4 Å². The predicted molar refractivity (Wildman–Crippen MR) is 142 cm³/mol. The topological polar surface area (TPSA) is 108 Å². The van der Waals surface area contributed by atoms with Crippen molar-refractivity contribution >= 4 is 64.0 Å². The summed E-state index contributed by atoms with van der Waals surface area (Å²) in [5.41, 5.74) is 4.20. The molecule has 0 bridgehead atoms. The Morgan fingerprint density at radius 1 is 0.946 bits per heavy atom. The Hall–Kier alpha value is -4.28. The van der Waals surface area contributed by atoms with Gasteiger partial charge in [-0.2, -0.15) is 0 Å². The molecule has 9 nitrogen and oxygen atoms in total. The maximum absolute atomic E-state index is 13.4. The fourth-order valence-corrected chi connectivity index (χ4v) is 4.18. The molecule has 4 rings (SSSR count). The first-order chi connectivity index (χ1) is 17.8. The first kappa shape index (κ1) is 25.8. The number of carbonyl (C=O) groups is 4. The van der Waals surface area contributed by atoms with Gasteiger partial charge in [0.15, 0.2) is 0 Å². The third-order valence-electron chi connectivity index (χ3n) is 5.53. The lowest BCUT2D eigenvalue weighted by atomic mass is 10.1. The molecule has 1 aliphatic heterocycles. The van der Waals surface area contributed by atoms with Gasteiger partial charge in [-0.05, 0) is 72.9 Å². The van der Waals surface area contributed by atoms with Crippen LogP contribution in [-0.4, -0.2) is 47.0 Å². The highest BCUT2D eigenvalue weighted by molar-refractivity contribution is 7.80. The zero-order chi connectivity index (χ0) is 26.5. The molecule has 2 N–H and O–H groups in total. The number of rotatable bonds is 7. The van der Waals surface area contributed by atoms with Gasteiger partial charge in [-0.15, -0.1) is 0 Å². The lowest BCUT2D eigenvalue weighted by Gasteiger charge is -2.24. The van der Waals surface area contributed by atoms with Crippen LogP contribution in [0.15, 0.2) is 78.9 Å². The molecule has 37 heavy (non-hydrogen) atoms. The second kappa shape index (κ2) is 11.2. The van der Waals surface area contributed by atoms with Crippen LogP contribution in [0.4, 0.5) is 11.4 Å². The molecule has 1 fully saturated rings. The summed E-state index contributed by atoms with van der Waals surface area (Å²) < 4.78 is 4.67. The molecule has 1 unspecified atom stereocenters. The van der Waals surface area contributed by atoms with Crippen LogP contribution < -0.4 is 15.6 Å². The van der Waals surface area contributed by atoms with Gasteiger partial charge in [0.25, 0.3) is 11.8 Å². The number of esters is 1. The van der Waals surface area contributed by atoms with Crippen LogP contribution in [0.1, 0.15) is 27.1 Å². The molecule has 0 spiro atoms. The molecule has 3 aromatic rings. The highest BCUT2D eigenvalue weighted by atomic mass is 35.5. The van der Waals surface area contributed by atoms with Crippen molar-refractivity contribution in [2.24, 2.45) is 0 Å². The molecule has 0 aromatic heterocycles. The maximum Gasteiger partial charge on any atom is 0.337 e. The van der Waals surface area contributed by atoms with Crippen LogP contribution in [-0.2, 0) is 14.3 Å². The molecule has 0 radical (unpaired) electrons. The van der Waals surface area contributed by atoms with E-state index in [4.69, 9.17) is 23.8 Å². The van der Waals surface area contributed by atoms with Gasteiger partial charge < -0.3 is 10.1 Å². The van der Waals surface area contributed by atoms with Gasteiger partial charge in [-0.1, -0.05) is 29.8 Å². The molecule has 1 atom stereocenters.